The number of nitrogens with one attached hydrogen (secondary N) is 1. The van der Waals surface area contributed by atoms with Gasteiger partial charge in [-0.25, -0.2) is 4.99 Å². The molecule has 0 radical (unpaired) electrons. The van der Waals surface area contributed by atoms with Crippen LogP contribution in [0.4, 0.5) is 0 Å². The average molecular weight is 403 g/mol. The minimum atomic E-state index is -0.455. The number of aromatic nitrogens is 1. The second-order valence-electron chi connectivity index (χ2n) is 5.77. The van der Waals surface area contributed by atoms with E-state index in [2.05, 4.69) is 10.4 Å². The molecular formula is C17H13N3O5S2. The molecule has 1 aromatic carbocycles. The molecule has 2 N–H and O–H groups in total. The molecule has 1 aromatic heterocycles. The van der Waals surface area contributed by atoms with Gasteiger partial charge in [-0.2, -0.15) is 4.68 Å². The molecule has 0 saturated carbocycles. The molecular weight excluding hydrogens is 390 g/mol. The summed E-state index contributed by atoms with van der Waals surface area (Å²) < 4.78 is 12.4. The Morgan fingerprint density at radius 1 is 1.37 bits per heavy atom. The smallest absolute Gasteiger partial charge is 0.277 e. The topological polar surface area (TPSA) is 102 Å². The van der Waals surface area contributed by atoms with E-state index in [1.165, 1.54) is 13.0 Å². The van der Waals surface area contributed by atoms with Gasteiger partial charge in [0.25, 0.3) is 5.91 Å². The highest BCUT2D eigenvalue weighted by Gasteiger charge is 2.18. The number of carbonyl (C=O) groups is 2. The van der Waals surface area contributed by atoms with Crippen molar-refractivity contribution in [3.05, 3.63) is 37.1 Å². The van der Waals surface area contributed by atoms with Gasteiger partial charge in [-0.05, 0) is 30.4 Å². The van der Waals surface area contributed by atoms with Crippen molar-refractivity contribution in [1.82, 2.24) is 4.68 Å². The largest absolute Gasteiger partial charge is 0.492 e. The van der Waals surface area contributed by atoms with Gasteiger partial charge < -0.3 is 14.6 Å². The number of fused-ring (bicyclic) bond motifs is 2. The molecule has 0 spiro atoms. The standard InChI is InChI=1S/C17H13N3O5S2/c1-8(21)19-20-16(23)14(27-17(20)26)6-10-4-9-5-12-13(25-3-2-24-12)7-11(9)18-15(10)22/h4-7,23H,2-3H2,1H3,(H,19,21)/b10-6+. The van der Waals surface area contributed by atoms with Crippen LogP contribution in [-0.2, 0) is 9.59 Å². The molecule has 138 valence electrons. The molecule has 2 aliphatic rings. The zero-order valence-corrected chi connectivity index (χ0v) is 15.6. The van der Waals surface area contributed by atoms with E-state index in [0.717, 1.165) is 16.0 Å². The summed E-state index contributed by atoms with van der Waals surface area (Å²) in [6.45, 7) is 2.21. The molecule has 10 heteroatoms. The maximum atomic E-state index is 12.4. The van der Waals surface area contributed by atoms with Gasteiger partial charge in [0.1, 0.15) is 13.2 Å². The van der Waals surface area contributed by atoms with Crippen LogP contribution in [0.1, 0.15) is 11.8 Å². The fourth-order valence-electron chi connectivity index (χ4n) is 2.69. The first kappa shape index (κ1) is 17.4. The number of ether oxygens (including phenoxy) is 2. The Hall–Kier alpha value is -2.98. The zero-order valence-electron chi connectivity index (χ0n) is 14.0. The van der Waals surface area contributed by atoms with E-state index in [9.17, 15) is 14.7 Å². The lowest BCUT2D eigenvalue weighted by Gasteiger charge is -2.18. The van der Waals surface area contributed by atoms with Crippen LogP contribution >= 0.6 is 23.6 Å². The van der Waals surface area contributed by atoms with Crippen LogP contribution in [0.5, 0.6) is 17.4 Å². The monoisotopic (exact) mass is 403 g/mol. The van der Waals surface area contributed by atoms with E-state index in [4.69, 9.17) is 21.7 Å². The Morgan fingerprint density at radius 3 is 2.78 bits per heavy atom. The van der Waals surface area contributed by atoms with Crippen molar-refractivity contribution in [3.8, 4) is 17.4 Å². The zero-order chi connectivity index (χ0) is 19.1. The number of carbonyl (C=O) groups excluding carboxylic acids is 2. The van der Waals surface area contributed by atoms with Gasteiger partial charge in [-0.15, -0.1) is 0 Å². The molecule has 0 unspecified atom stereocenters. The summed E-state index contributed by atoms with van der Waals surface area (Å²) in [5.41, 5.74) is 2.69. The molecule has 0 atom stereocenters. The van der Waals surface area contributed by atoms with Crippen molar-refractivity contribution in [2.24, 2.45) is 4.99 Å². The van der Waals surface area contributed by atoms with Crippen LogP contribution in [0.2, 0.25) is 0 Å². The third-order valence-electron chi connectivity index (χ3n) is 3.84. The highest BCUT2D eigenvalue weighted by atomic mass is 32.1. The van der Waals surface area contributed by atoms with Gasteiger partial charge >= 0.3 is 0 Å². The van der Waals surface area contributed by atoms with Gasteiger partial charge in [0.05, 0.1) is 10.2 Å². The van der Waals surface area contributed by atoms with Crippen molar-refractivity contribution >= 4 is 47.5 Å². The minimum absolute atomic E-state index is 0.245. The second kappa shape index (κ2) is 6.63. The quantitative estimate of drug-likeness (QED) is 0.570. The lowest BCUT2D eigenvalue weighted by Crippen LogP contribution is -2.32. The predicted molar refractivity (Wildman–Crippen MR) is 101 cm³/mol. The second-order valence-corrected chi connectivity index (χ2v) is 7.45. The minimum Gasteiger partial charge on any atom is -0.492 e. The molecule has 2 aliphatic heterocycles. The average Bonchev–Trinajstić information content (AvgIpc) is 2.88. The number of thiazole rings is 1. The van der Waals surface area contributed by atoms with E-state index >= 15 is 0 Å². The molecule has 2 amide bonds. The van der Waals surface area contributed by atoms with Crippen molar-refractivity contribution in [2.45, 2.75) is 6.92 Å². The number of amides is 2. The first-order valence-corrected chi connectivity index (χ1v) is 9.13. The van der Waals surface area contributed by atoms with Crippen molar-refractivity contribution in [2.75, 3.05) is 18.6 Å². The third-order valence-corrected chi connectivity index (χ3v) is 5.15. The normalized spacial score (nSPS) is 16.3. The summed E-state index contributed by atoms with van der Waals surface area (Å²) in [5, 5.41) is 11.5. The number of hydrogen-bond acceptors (Lipinski definition) is 7. The molecule has 0 fully saturated rings. The summed E-state index contributed by atoms with van der Waals surface area (Å²) in [6, 6.07) is 3.43. The van der Waals surface area contributed by atoms with Crippen LogP contribution in [0.3, 0.4) is 0 Å². The van der Waals surface area contributed by atoms with E-state index in [1.54, 1.807) is 18.2 Å². The fourth-order valence-corrected chi connectivity index (χ4v) is 3.87. The van der Waals surface area contributed by atoms with Crippen molar-refractivity contribution in [1.29, 1.82) is 0 Å². The first-order valence-electron chi connectivity index (χ1n) is 7.91. The van der Waals surface area contributed by atoms with E-state index < -0.39 is 5.91 Å². The highest BCUT2D eigenvalue weighted by molar-refractivity contribution is 7.73. The van der Waals surface area contributed by atoms with Gasteiger partial charge in [-0.3, -0.25) is 15.0 Å². The number of rotatable bonds is 2. The van der Waals surface area contributed by atoms with Crippen LogP contribution in [-0.4, -0.2) is 34.8 Å². The molecule has 4 rings (SSSR count). The Labute approximate surface area is 161 Å². The van der Waals surface area contributed by atoms with Crippen LogP contribution < -0.4 is 25.5 Å². The van der Waals surface area contributed by atoms with Crippen LogP contribution in [0.25, 0.3) is 12.2 Å². The molecule has 3 heterocycles. The van der Waals surface area contributed by atoms with Crippen LogP contribution in [0.15, 0.2) is 22.7 Å². The maximum Gasteiger partial charge on any atom is 0.277 e. The number of benzene rings is 1. The van der Waals surface area contributed by atoms with Gasteiger partial charge in [0.2, 0.25) is 11.8 Å². The summed E-state index contributed by atoms with van der Waals surface area (Å²) in [6.07, 6.45) is 3.15. The molecule has 27 heavy (non-hydrogen) atoms. The lowest BCUT2D eigenvalue weighted by molar-refractivity contribution is -0.115. The maximum absolute atomic E-state index is 12.4. The van der Waals surface area contributed by atoms with E-state index in [0.29, 0.717) is 40.2 Å². The third kappa shape index (κ3) is 3.24. The van der Waals surface area contributed by atoms with Crippen molar-refractivity contribution in [3.63, 3.8) is 0 Å². The Kier molecular flexibility index (Phi) is 4.28. The Balaban J connectivity index is 1.80. The Bertz CT molecular complexity index is 1190. The summed E-state index contributed by atoms with van der Waals surface area (Å²) in [7, 11) is 0. The Morgan fingerprint density at radius 2 is 2.07 bits per heavy atom. The lowest BCUT2D eigenvalue weighted by atomic mass is 10.1. The molecule has 0 saturated heterocycles. The molecule has 8 nitrogen and oxygen atoms in total. The highest BCUT2D eigenvalue weighted by Crippen LogP contribution is 2.29. The molecule has 0 bridgehead atoms. The van der Waals surface area contributed by atoms with E-state index in [-0.39, 0.29) is 21.3 Å². The number of aromatic hydroxyl groups is 1. The van der Waals surface area contributed by atoms with E-state index in [1.807, 2.05) is 0 Å². The molecule has 0 aliphatic carbocycles. The van der Waals surface area contributed by atoms with Gasteiger partial charge in [0.15, 0.2) is 15.5 Å². The summed E-state index contributed by atoms with van der Waals surface area (Å²) >= 11 is 6.20. The van der Waals surface area contributed by atoms with Crippen LogP contribution in [0, 0.1) is 3.95 Å². The van der Waals surface area contributed by atoms with Gasteiger partial charge in [-0.1, -0.05) is 11.3 Å². The summed E-state index contributed by atoms with van der Waals surface area (Å²) in [4.78, 5) is 28.0. The predicted octanol–water partition coefficient (Wildman–Crippen LogP) is 0.870. The molecule has 2 aromatic rings. The first-order chi connectivity index (χ1) is 12.9. The summed E-state index contributed by atoms with van der Waals surface area (Å²) in [5.74, 6) is 0.0660. The SMILES string of the molecule is CC(=O)Nn1c(O)c(/C=C2\C=c3cc4c(cc3=NC2=O)OCCO4)sc1=S. The van der Waals surface area contributed by atoms with Crippen molar-refractivity contribution < 1.29 is 24.2 Å². The number of nitrogens with zero attached hydrogens (tertiary/aromatic N) is 2. The number of hydrogen-bond donors (Lipinski definition) is 2. The fraction of sp³-hybridized carbons (Fsp3) is 0.176. The van der Waals surface area contributed by atoms with Gasteiger partial charge in [0, 0.05) is 23.8 Å².